The summed E-state index contributed by atoms with van der Waals surface area (Å²) in [5.41, 5.74) is 7.59. The van der Waals surface area contributed by atoms with E-state index in [1.807, 2.05) is 0 Å². The van der Waals surface area contributed by atoms with E-state index in [2.05, 4.69) is 4.98 Å². The average Bonchev–Trinajstić information content (AvgIpc) is 2.93. The monoisotopic (exact) mass is 471 g/mol. The van der Waals surface area contributed by atoms with Crippen molar-refractivity contribution in [2.75, 3.05) is 25.1 Å². The van der Waals surface area contributed by atoms with Gasteiger partial charge in [0, 0.05) is 41.3 Å². The Morgan fingerprint density at radius 2 is 2.00 bits per heavy atom. The molecule has 172 valence electrons. The molecule has 0 spiro atoms. The third-order valence-electron chi connectivity index (χ3n) is 5.43. The number of carbonyl (C=O) groups is 1. The highest BCUT2D eigenvalue weighted by Crippen LogP contribution is 2.31. The van der Waals surface area contributed by atoms with Gasteiger partial charge >= 0.3 is 0 Å². The van der Waals surface area contributed by atoms with Crippen LogP contribution in [-0.2, 0) is 22.8 Å². The lowest BCUT2D eigenvalue weighted by Gasteiger charge is -2.22. The Morgan fingerprint density at radius 3 is 2.67 bits per heavy atom. The fourth-order valence-electron chi connectivity index (χ4n) is 3.73. The summed E-state index contributed by atoms with van der Waals surface area (Å²) in [5, 5.41) is 0. The molecular formula is C24H24FN3O4S. The van der Waals surface area contributed by atoms with Crippen molar-refractivity contribution in [2.24, 2.45) is 0 Å². The van der Waals surface area contributed by atoms with E-state index in [9.17, 15) is 13.2 Å². The summed E-state index contributed by atoms with van der Waals surface area (Å²) in [7, 11) is -3.84. The predicted octanol–water partition coefficient (Wildman–Crippen LogP) is 3.47. The minimum atomic E-state index is -3.84. The van der Waals surface area contributed by atoms with Crippen molar-refractivity contribution in [3.63, 3.8) is 0 Å². The van der Waals surface area contributed by atoms with Crippen LogP contribution in [-0.4, -0.2) is 43.6 Å². The molecule has 0 bridgehead atoms. The van der Waals surface area contributed by atoms with Gasteiger partial charge in [-0.05, 0) is 48.4 Å². The van der Waals surface area contributed by atoms with E-state index in [4.69, 9.17) is 13.2 Å². The number of hydrogen-bond acceptors (Lipinski definition) is 6. The Bertz CT molecular complexity index is 1410. The van der Waals surface area contributed by atoms with Gasteiger partial charge in [0.05, 0.1) is 9.24 Å². The maximum Gasteiger partial charge on any atom is 0.254 e. The minimum absolute atomic E-state index is 0.0501. The molecule has 0 atom stereocenters. The number of ether oxygens (including phenoxy) is 1. The van der Waals surface area contributed by atoms with Crippen LogP contribution in [0.3, 0.4) is 0 Å². The molecule has 33 heavy (non-hydrogen) atoms. The molecule has 0 fully saturated rings. The summed E-state index contributed by atoms with van der Waals surface area (Å²) in [6.07, 6.45) is 2.55. The number of anilines is 1. The molecule has 7 nitrogen and oxygen atoms in total. The smallest absolute Gasteiger partial charge is 0.254 e. The summed E-state index contributed by atoms with van der Waals surface area (Å²) in [4.78, 5) is 18.1. The van der Waals surface area contributed by atoms with Crippen LogP contribution in [0, 0.1) is 5.82 Å². The largest absolute Gasteiger partial charge is 0.491 e. The normalized spacial score (nSPS) is 16.2. The van der Waals surface area contributed by atoms with Crippen LogP contribution in [0.5, 0.6) is 5.75 Å². The topological polar surface area (TPSA) is 103 Å². The predicted molar refractivity (Wildman–Crippen MR) is 123 cm³/mol. The van der Waals surface area contributed by atoms with Crippen LogP contribution in [0.4, 0.5) is 10.2 Å². The lowest BCUT2D eigenvalue weighted by Crippen LogP contribution is -2.33. The van der Waals surface area contributed by atoms with Gasteiger partial charge in [0.25, 0.3) is 5.91 Å². The van der Waals surface area contributed by atoms with Gasteiger partial charge < -0.3 is 15.4 Å². The zero-order chi connectivity index (χ0) is 25.5. The molecule has 0 saturated carbocycles. The second kappa shape index (κ2) is 8.82. The first kappa shape index (κ1) is 20.2. The zero-order valence-electron chi connectivity index (χ0n) is 20.1. The van der Waals surface area contributed by atoms with Gasteiger partial charge in [0.2, 0.25) is 0 Å². The quantitative estimate of drug-likeness (QED) is 0.625. The number of amides is 1. The standard InChI is InChI=1S/C24H24FN3O4S/c1-3-18-19(6-8-21(23(18)25)33(2,30)31)24(29)28-10-11-32-20-7-4-15(12-17(20)14-28)16-5-9-22(26)27-13-16/h4-9,12-13H,3,10-11,14H2,1-2H3,(H2,26,27)/i10D2. The van der Waals surface area contributed by atoms with E-state index in [0.717, 1.165) is 28.3 Å². The molecule has 2 aromatic carbocycles. The van der Waals surface area contributed by atoms with E-state index < -0.39 is 39.6 Å². The van der Waals surface area contributed by atoms with Crippen LogP contribution >= 0.6 is 0 Å². The van der Waals surface area contributed by atoms with Gasteiger partial charge in [-0.3, -0.25) is 4.79 Å². The lowest BCUT2D eigenvalue weighted by molar-refractivity contribution is 0.0731. The number of nitrogens with two attached hydrogens (primary N) is 1. The first-order valence-electron chi connectivity index (χ1n) is 11.2. The Balaban J connectivity index is 1.76. The zero-order valence-corrected chi connectivity index (χ0v) is 18.9. The number of aromatic nitrogens is 1. The van der Waals surface area contributed by atoms with Crippen molar-refractivity contribution >= 4 is 21.6 Å². The first-order valence-corrected chi connectivity index (χ1v) is 12.1. The van der Waals surface area contributed by atoms with Crippen LogP contribution in [0.15, 0.2) is 53.6 Å². The Labute approximate surface area is 194 Å². The van der Waals surface area contributed by atoms with E-state index in [-0.39, 0.29) is 24.1 Å². The number of pyridine rings is 1. The van der Waals surface area contributed by atoms with Crippen molar-refractivity contribution in [3.8, 4) is 16.9 Å². The summed E-state index contributed by atoms with van der Waals surface area (Å²) in [5.74, 6) is -0.962. The van der Waals surface area contributed by atoms with Gasteiger partial charge in [-0.2, -0.15) is 0 Å². The highest BCUT2D eigenvalue weighted by atomic mass is 32.2. The summed E-state index contributed by atoms with van der Waals surface area (Å²) in [6, 6.07) is 11.0. The fourth-order valence-corrected chi connectivity index (χ4v) is 4.50. The van der Waals surface area contributed by atoms with Gasteiger partial charge in [-0.1, -0.05) is 13.0 Å². The molecule has 0 aliphatic carbocycles. The molecule has 1 aliphatic rings. The molecule has 1 amide bonds. The number of carbonyl (C=O) groups excluding carboxylic acids is 1. The lowest BCUT2D eigenvalue weighted by atomic mass is 10.0. The summed E-state index contributed by atoms with van der Waals surface area (Å²) < 4.78 is 61.6. The summed E-state index contributed by atoms with van der Waals surface area (Å²) in [6.45, 7) is -1.18. The molecule has 0 saturated heterocycles. The van der Waals surface area contributed by atoms with Crippen molar-refractivity contribution in [1.29, 1.82) is 0 Å². The van der Waals surface area contributed by atoms with Crippen LogP contribution in [0.25, 0.3) is 11.1 Å². The SMILES string of the molecule is [2H]C1([2H])COc2ccc(-c3ccc(N)nc3)cc2CN1C(=O)c1ccc(S(C)(=O)=O)c(F)c1CC. The molecule has 0 radical (unpaired) electrons. The molecule has 2 N–H and O–H groups in total. The minimum Gasteiger partial charge on any atom is -0.491 e. The average molecular weight is 472 g/mol. The number of halogens is 1. The molecule has 3 aromatic rings. The molecule has 0 unspecified atom stereocenters. The molecule has 1 aliphatic heterocycles. The van der Waals surface area contributed by atoms with Crippen molar-refractivity contribution < 1.29 is 25.1 Å². The third-order valence-corrected chi connectivity index (χ3v) is 6.54. The molecule has 2 heterocycles. The third kappa shape index (κ3) is 4.54. The van der Waals surface area contributed by atoms with E-state index in [0.29, 0.717) is 17.1 Å². The number of hydrogen-bond donors (Lipinski definition) is 1. The van der Waals surface area contributed by atoms with Crippen molar-refractivity contribution in [1.82, 2.24) is 9.88 Å². The number of rotatable bonds is 4. The van der Waals surface area contributed by atoms with E-state index >= 15 is 4.39 Å². The number of benzene rings is 2. The van der Waals surface area contributed by atoms with Crippen LogP contribution < -0.4 is 10.5 Å². The Morgan fingerprint density at radius 1 is 1.24 bits per heavy atom. The number of fused-ring (bicyclic) bond motifs is 1. The first-order chi connectivity index (χ1) is 16.4. The maximum atomic E-state index is 15.1. The maximum absolute atomic E-state index is 15.1. The van der Waals surface area contributed by atoms with Crippen molar-refractivity contribution in [3.05, 3.63) is 71.2 Å². The Hall–Kier alpha value is -3.46. The fraction of sp³-hybridized carbons (Fsp3) is 0.250. The molecular weight excluding hydrogens is 445 g/mol. The van der Waals surface area contributed by atoms with Gasteiger partial charge in [0.1, 0.15) is 28.9 Å². The second-order valence-corrected chi connectivity index (χ2v) is 9.65. The van der Waals surface area contributed by atoms with E-state index in [1.165, 1.54) is 6.07 Å². The van der Waals surface area contributed by atoms with E-state index in [1.54, 1.807) is 43.5 Å². The van der Waals surface area contributed by atoms with Crippen LogP contribution in [0.1, 0.15) is 31.2 Å². The molecule has 1 aromatic heterocycles. The van der Waals surface area contributed by atoms with Crippen LogP contribution in [0.2, 0.25) is 0 Å². The summed E-state index contributed by atoms with van der Waals surface area (Å²) >= 11 is 0. The number of nitrogen functional groups attached to an aromatic ring is 1. The molecule has 9 heteroatoms. The van der Waals surface area contributed by atoms with Gasteiger partial charge in [-0.25, -0.2) is 17.8 Å². The molecule has 4 rings (SSSR count). The van der Waals surface area contributed by atoms with Crippen molar-refractivity contribution in [2.45, 2.75) is 24.8 Å². The Kier molecular flexibility index (Phi) is 5.39. The van der Waals surface area contributed by atoms with Gasteiger partial charge in [-0.15, -0.1) is 0 Å². The number of sulfone groups is 1. The highest BCUT2D eigenvalue weighted by Gasteiger charge is 2.27. The highest BCUT2D eigenvalue weighted by molar-refractivity contribution is 7.90. The van der Waals surface area contributed by atoms with Gasteiger partial charge in [0.15, 0.2) is 9.84 Å². The second-order valence-electron chi connectivity index (χ2n) is 7.66. The number of nitrogens with zero attached hydrogens (tertiary/aromatic N) is 2.